The number of rotatable bonds is 5. The van der Waals surface area contributed by atoms with E-state index in [1.807, 2.05) is 0 Å². The summed E-state index contributed by atoms with van der Waals surface area (Å²) in [6.07, 6.45) is -0.0370. The summed E-state index contributed by atoms with van der Waals surface area (Å²) in [6, 6.07) is 0. The van der Waals surface area contributed by atoms with Crippen LogP contribution in [0.2, 0.25) is 0 Å². The number of ether oxygens (including phenoxy) is 3. The SMILES string of the molecule is COCCCOC(=O)OC(C)C. The Morgan fingerprint density at radius 3 is 2.50 bits per heavy atom. The highest BCUT2D eigenvalue weighted by Crippen LogP contribution is 1.93. The molecule has 0 atom stereocenters. The highest BCUT2D eigenvalue weighted by molar-refractivity contribution is 5.59. The van der Waals surface area contributed by atoms with Crippen LogP contribution in [0.15, 0.2) is 0 Å². The van der Waals surface area contributed by atoms with Crippen LogP contribution in [0.4, 0.5) is 4.79 Å². The Labute approximate surface area is 72.8 Å². The second-order valence-corrected chi connectivity index (χ2v) is 2.61. The zero-order chi connectivity index (χ0) is 9.40. The fraction of sp³-hybridized carbons (Fsp3) is 0.875. The van der Waals surface area contributed by atoms with E-state index in [1.54, 1.807) is 21.0 Å². The lowest BCUT2D eigenvalue weighted by Gasteiger charge is -2.07. The maximum absolute atomic E-state index is 10.7. The standard InChI is InChI=1S/C8H16O4/c1-7(2)12-8(9)11-6-4-5-10-3/h7H,4-6H2,1-3H3. The Morgan fingerprint density at radius 1 is 1.33 bits per heavy atom. The number of methoxy groups -OCH3 is 1. The monoisotopic (exact) mass is 176 g/mol. The van der Waals surface area contributed by atoms with E-state index in [9.17, 15) is 4.79 Å². The third kappa shape index (κ3) is 7.34. The summed E-state index contributed by atoms with van der Waals surface area (Å²) in [5.74, 6) is 0. The normalized spacial score (nSPS) is 10.0. The Bertz CT molecular complexity index is 122. The van der Waals surface area contributed by atoms with Crippen molar-refractivity contribution in [3.8, 4) is 0 Å². The van der Waals surface area contributed by atoms with Crippen LogP contribution in [0, 0.1) is 0 Å². The molecule has 0 N–H and O–H groups in total. The number of hydrogen-bond donors (Lipinski definition) is 0. The number of carbonyl (C=O) groups excluding carboxylic acids is 1. The predicted molar refractivity (Wildman–Crippen MR) is 44.1 cm³/mol. The molecule has 0 aromatic rings. The van der Waals surface area contributed by atoms with E-state index in [2.05, 4.69) is 0 Å². The maximum atomic E-state index is 10.7. The van der Waals surface area contributed by atoms with E-state index in [0.717, 1.165) is 0 Å². The van der Waals surface area contributed by atoms with Gasteiger partial charge in [0.1, 0.15) is 0 Å². The van der Waals surface area contributed by atoms with E-state index in [-0.39, 0.29) is 6.10 Å². The molecule has 0 aromatic heterocycles. The minimum atomic E-state index is -0.610. The van der Waals surface area contributed by atoms with Crippen molar-refractivity contribution < 1.29 is 19.0 Å². The first-order chi connectivity index (χ1) is 5.66. The van der Waals surface area contributed by atoms with Crippen LogP contribution in [0.25, 0.3) is 0 Å². The van der Waals surface area contributed by atoms with E-state index < -0.39 is 6.16 Å². The predicted octanol–water partition coefficient (Wildman–Crippen LogP) is 1.58. The first-order valence-electron chi connectivity index (χ1n) is 3.99. The molecule has 0 rings (SSSR count). The highest BCUT2D eigenvalue weighted by Gasteiger charge is 2.04. The van der Waals surface area contributed by atoms with Gasteiger partial charge in [0.2, 0.25) is 0 Å². The van der Waals surface area contributed by atoms with E-state index in [0.29, 0.717) is 19.6 Å². The van der Waals surface area contributed by atoms with Crippen LogP contribution in [0.5, 0.6) is 0 Å². The van der Waals surface area contributed by atoms with Gasteiger partial charge in [-0.15, -0.1) is 0 Å². The molecule has 0 aliphatic heterocycles. The first-order valence-corrected chi connectivity index (χ1v) is 3.99. The molecule has 0 fully saturated rings. The zero-order valence-electron chi connectivity index (χ0n) is 7.83. The van der Waals surface area contributed by atoms with Crippen molar-refractivity contribution in [3.63, 3.8) is 0 Å². The summed E-state index contributed by atoms with van der Waals surface area (Å²) in [4.78, 5) is 10.7. The number of hydrogen-bond acceptors (Lipinski definition) is 4. The summed E-state index contributed by atoms with van der Waals surface area (Å²) >= 11 is 0. The highest BCUT2D eigenvalue weighted by atomic mass is 16.7. The number of carbonyl (C=O) groups is 1. The summed E-state index contributed by atoms with van der Waals surface area (Å²) in [5, 5.41) is 0. The molecule has 0 spiro atoms. The van der Waals surface area contributed by atoms with Crippen molar-refractivity contribution in [2.45, 2.75) is 26.4 Å². The Morgan fingerprint density at radius 2 is 2.00 bits per heavy atom. The van der Waals surface area contributed by atoms with E-state index in [1.165, 1.54) is 0 Å². The van der Waals surface area contributed by atoms with Crippen LogP contribution in [-0.2, 0) is 14.2 Å². The lowest BCUT2D eigenvalue weighted by Crippen LogP contribution is -2.14. The van der Waals surface area contributed by atoms with Crippen molar-refractivity contribution in [3.05, 3.63) is 0 Å². The molecule has 0 saturated carbocycles. The zero-order valence-corrected chi connectivity index (χ0v) is 7.83. The molecule has 0 bridgehead atoms. The average Bonchev–Trinajstić information content (AvgIpc) is 1.97. The van der Waals surface area contributed by atoms with Gasteiger partial charge in [0.05, 0.1) is 12.7 Å². The first kappa shape index (κ1) is 11.2. The van der Waals surface area contributed by atoms with Crippen LogP contribution in [0.3, 0.4) is 0 Å². The van der Waals surface area contributed by atoms with Crippen molar-refractivity contribution >= 4 is 6.16 Å². The molecule has 0 amide bonds. The summed E-state index contributed by atoms with van der Waals surface area (Å²) < 4.78 is 14.2. The van der Waals surface area contributed by atoms with Gasteiger partial charge in [-0.3, -0.25) is 0 Å². The van der Waals surface area contributed by atoms with Crippen molar-refractivity contribution in [1.82, 2.24) is 0 Å². The molecule has 0 aromatic carbocycles. The Hall–Kier alpha value is -0.770. The minimum absolute atomic E-state index is 0.125. The lowest BCUT2D eigenvalue weighted by atomic mass is 10.5. The fourth-order valence-electron chi connectivity index (χ4n) is 0.585. The van der Waals surface area contributed by atoms with Crippen molar-refractivity contribution in [2.24, 2.45) is 0 Å². The smallest absolute Gasteiger partial charge is 0.434 e. The lowest BCUT2D eigenvalue weighted by molar-refractivity contribution is 0.0300. The Kier molecular flexibility index (Phi) is 6.47. The molecular weight excluding hydrogens is 160 g/mol. The Balaban J connectivity index is 3.20. The van der Waals surface area contributed by atoms with Crippen LogP contribution >= 0.6 is 0 Å². The van der Waals surface area contributed by atoms with E-state index >= 15 is 0 Å². The maximum Gasteiger partial charge on any atom is 0.508 e. The van der Waals surface area contributed by atoms with Gasteiger partial charge in [0.25, 0.3) is 0 Å². The van der Waals surface area contributed by atoms with Crippen LogP contribution in [-0.4, -0.2) is 32.6 Å². The summed E-state index contributed by atoms with van der Waals surface area (Å²) in [6.45, 7) is 4.49. The minimum Gasteiger partial charge on any atom is -0.434 e. The average molecular weight is 176 g/mol. The van der Waals surface area contributed by atoms with Crippen molar-refractivity contribution in [2.75, 3.05) is 20.3 Å². The third-order valence-corrected chi connectivity index (χ3v) is 1.04. The van der Waals surface area contributed by atoms with Gasteiger partial charge in [-0.2, -0.15) is 0 Å². The third-order valence-electron chi connectivity index (χ3n) is 1.04. The fourth-order valence-corrected chi connectivity index (χ4v) is 0.585. The van der Waals surface area contributed by atoms with Gasteiger partial charge in [-0.1, -0.05) is 0 Å². The van der Waals surface area contributed by atoms with Gasteiger partial charge < -0.3 is 14.2 Å². The quantitative estimate of drug-likeness (QED) is 0.471. The summed E-state index contributed by atoms with van der Waals surface area (Å²) in [5.41, 5.74) is 0. The molecule has 0 heterocycles. The molecule has 12 heavy (non-hydrogen) atoms. The largest absolute Gasteiger partial charge is 0.508 e. The van der Waals surface area contributed by atoms with Crippen LogP contribution in [0.1, 0.15) is 20.3 Å². The molecule has 0 aliphatic rings. The topological polar surface area (TPSA) is 44.8 Å². The van der Waals surface area contributed by atoms with Gasteiger partial charge >= 0.3 is 6.16 Å². The molecular formula is C8H16O4. The van der Waals surface area contributed by atoms with Gasteiger partial charge in [0, 0.05) is 20.1 Å². The summed E-state index contributed by atoms with van der Waals surface area (Å²) in [7, 11) is 1.60. The molecule has 0 radical (unpaired) electrons. The molecule has 0 unspecified atom stereocenters. The van der Waals surface area contributed by atoms with Crippen molar-refractivity contribution in [1.29, 1.82) is 0 Å². The molecule has 72 valence electrons. The van der Waals surface area contributed by atoms with Gasteiger partial charge in [-0.05, 0) is 13.8 Å². The second kappa shape index (κ2) is 6.91. The molecule has 4 heteroatoms. The van der Waals surface area contributed by atoms with Crippen LogP contribution < -0.4 is 0 Å². The van der Waals surface area contributed by atoms with Gasteiger partial charge in [0.15, 0.2) is 0 Å². The van der Waals surface area contributed by atoms with E-state index in [4.69, 9.17) is 14.2 Å². The van der Waals surface area contributed by atoms with Gasteiger partial charge in [-0.25, -0.2) is 4.79 Å². The molecule has 0 aliphatic carbocycles. The second-order valence-electron chi connectivity index (χ2n) is 2.61. The molecule has 0 saturated heterocycles. The molecule has 4 nitrogen and oxygen atoms in total.